The average Bonchev–Trinajstić information content (AvgIpc) is 2.85. The number of ether oxygens (including phenoxy) is 2. The normalized spacial score (nSPS) is 15.6. The van der Waals surface area contributed by atoms with E-state index in [1.165, 1.54) is 13.8 Å². The van der Waals surface area contributed by atoms with Gasteiger partial charge in [-0.3, -0.25) is 19.2 Å². The highest BCUT2D eigenvalue weighted by atomic mass is 19.3. The molecule has 5 atom stereocenters. The van der Waals surface area contributed by atoms with Crippen LogP contribution in [0.2, 0.25) is 0 Å². The van der Waals surface area contributed by atoms with Crippen molar-refractivity contribution in [2.45, 2.75) is 111 Å². The van der Waals surface area contributed by atoms with E-state index in [2.05, 4.69) is 16.0 Å². The van der Waals surface area contributed by atoms with Crippen molar-refractivity contribution in [3.05, 3.63) is 0 Å². The van der Waals surface area contributed by atoms with Gasteiger partial charge in [-0.2, -0.15) is 8.78 Å². The van der Waals surface area contributed by atoms with Gasteiger partial charge in [0.15, 0.2) is 0 Å². The number of nitrogens with one attached hydrogen (secondary N) is 4. The van der Waals surface area contributed by atoms with E-state index in [0.717, 1.165) is 14.0 Å². The predicted molar refractivity (Wildman–Crippen MR) is 146 cm³/mol. The minimum Gasteiger partial charge on any atom is -0.467 e. The molecule has 4 amide bonds. The van der Waals surface area contributed by atoms with Crippen LogP contribution in [0.15, 0.2) is 0 Å². The number of rotatable bonds is 14. The molecule has 41 heavy (non-hydrogen) atoms. The average molecular weight is 593 g/mol. The summed E-state index contributed by atoms with van der Waals surface area (Å²) in [4.78, 5) is 75.1. The molecule has 0 rings (SSSR count). The molecule has 0 saturated heterocycles. The van der Waals surface area contributed by atoms with E-state index in [0.29, 0.717) is 6.42 Å². The minimum absolute atomic E-state index is 0.359. The van der Waals surface area contributed by atoms with Gasteiger partial charge in [0, 0.05) is 0 Å². The summed E-state index contributed by atoms with van der Waals surface area (Å²) < 4.78 is 39.8. The van der Waals surface area contributed by atoms with Crippen LogP contribution in [-0.4, -0.2) is 78.4 Å². The Bertz CT molecular complexity index is 965. The Labute approximate surface area is 240 Å². The Morgan fingerprint density at radius 3 is 1.61 bits per heavy atom. The van der Waals surface area contributed by atoms with E-state index in [4.69, 9.17) is 9.47 Å². The second-order valence-corrected chi connectivity index (χ2v) is 11.6. The van der Waals surface area contributed by atoms with Crippen molar-refractivity contribution in [1.29, 1.82) is 0 Å². The summed E-state index contributed by atoms with van der Waals surface area (Å²) >= 11 is 0. The van der Waals surface area contributed by atoms with Crippen LogP contribution in [0.5, 0.6) is 0 Å². The molecular weight excluding hydrogens is 546 g/mol. The third-order valence-corrected chi connectivity index (χ3v) is 6.17. The Morgan fingerprint density at radius 2 is 1.20 bits per heavy atom. The maximum atomic E-state index is 15.0. The molecule has 0 aromatic rings. The number of esters is 1. The van der Waals surface area contributed by atoms with E-state index in [9.17, 15) is 37.5 Å². The van der Waals surface area contributed by atoms with Crippen LogP contribution < -0.4 is 21.3 Å². The Kier molecular flexibility index (Phi) is 14.4. The summed E-state index contributed by atoms with van der Waals surface area (Å²) in [7, 11) is 1.13. The first kappa shape index (κ1) is 37.7. The molecule has 0 fully saturated rings. The first-order chi connectivity index (χ1) is 18.6. The van der Waals surface area contributed by atoms with Gasteiger partial charge in [-0.05, 0) is 45.4 Å². The molecule has 14 heteroatoms. The molecule has 0 saturated carbocycles. The number of Topliss-reactive ketones (excluding diaryl/α,β-unsaturated/α-hetero) is 1. The Balaban J connectivity index is 5.65. The van der Waals surface area contributed by atoms with Gasteiger partial charge in [0.05, 0.1) is 13.2 Å². The number of hydrogen-bond donors (Lipinski definition) is 4. The standard InChI is InChI=1S/C27H46F2N4O8/c1-12-15(6)19(23(37)40-11)31-22(36)17(13(2)3)32-24(38)27(28,29)20(34)16(7)30-21(35)18(14(4)5)33-25(39)41-26(8,9)10/h13-19H,12H2,1-11H3,(H,30,35)(H,31,36)(H,32,38)(H,33,39)/t15?,16-,17-,18-,19-/m0/s1. The van der Waals surface area contributed by atoms with Gasteiger partial charge in [0.1, 0.15) is 23.7 Å². The third kappa shape index (κ3) is 11.6. The van der Waals surface area contributed by atoms with Crippen molar-refractivity contribution in [3.63, 3.8) is 0 Å². The first-order valence-electron chi connectivity index (χ1n) is 13.5. The summed E-state index contributed by atoms with van der Waals surface area (Å²) in [5.41, 5.74) is -0.861. The number of amides is 4. The van der Waals surface area contributed by atoms with Gasteiger partial charge in [-0.25, -0.2) is 9.59 Å². The van der Waals surface area contributed by atoms with E-state index < -0.39 is 83.1 Å². The van der Waals surface area contributed by atoms with Gasteiger partial charge >= 0.3 is 18.0 Å². The van der Waals surface area contributed by atoms with Gasteiger partial charge in [0.25, 0.3) is 5.91 Å². The number of alkyl halides is 2. The van der Waals surface area contributed by atoms with Crippen molar-refractivity contribution in [2.75, 3.05) is 7.11 Å². The van der Waals surface area contributed by atoms with Crippen molar-refractivity contribution >= 4 is 35.6 Å². The zero-order chi connectivity index (χ0) is 32.5. The number of hydrogen-bond acceptors (Lipinski definition) is 8. The van der Waals surface area contributed by atoms with Crippen molar-refractivity contribution < 1.29 is 47.0 Å². The summed E-state index contributed by atoms with van der Waals surface area (Å²) in [5, 5.41) is 8.77. The summed E-state index contributed by atoms with van der Waals surface area (Å²) in [6.45, 7) is 15.4. The number of carbonyl (C=O) groups is 6. The van der Waals surface area contributed by atoms with E-state index in [1.54, 1.807) is 48.5 Å². The number of alkyl carbamates (subject to hydrolysis) is 1. The highest BCUT2D eigenvalue weighted by Crippen LogP contribution is 2.19. The van der Waals surface area contributed by atoms with Gasteiger partial charge in [-0.15, -0.1) is 0 Å². The van der Waals surface area contributed by atoms with E-state index in [-0.39, 0.29) is 5.92 Å². The summed E-state index contributed by atoms with van der Waals surface area (Å²) in [6.07, 6.45) is -0.435. The molecule has 0 aromatic heterocycles. The topological polar surface area (TPSA) is 169 Å². The lowest BCUT2D eigenvalue weighted by Gasteiger charge is -2.29. The predicted octanol–water partition coefficient (Wildman–Crippen LogP) is 2.09. The lowest BCUT2D eigenvalue weighted by Crippen LogP contribution is -2.61. The second-order valence-electron chi connectivity index (χ2n) is 11.6. The fourth-order valence-electron chi connectivity index (χ4n) is 3.53. The zero-order valence-corrected chi connectivity index (χ0v) is 25.8. The Hall–Kier alpha value is -3.32. The molecule has 1 unspecified atom stereocenters. The maximum absolute atomic E-state index is 15.0. The summed E-state index contributed by atoms with van der Waals surface area (Å²) in [5.74, 6) is -12.8. The summed E-state index contributed by atoms with van der Waals surface area (Å²) in [6, 6.07) is -5.68. The van der Waals surface area contributed by atoms with Crippen LogP contribution >= 0.6 is 0 Å². The molecule has 0 bridgehead atoms. The molecule has 236 valence electrons. The fourth-order valence-corrected chi connectivity index (χ4v) is 3.53. The van der Waals surface area contributed by atoms with Gasteiger partial charge in [0.2, 0.25) is 17.6 Å². The lowest BCUT2D eigenvalue weighted by molar-refractivity contribution is -0.161. The molecule has 4 N–H and O–H groups in total. The minimum atomic E-state index is -4.63. The Morgan fingerprint density at radius 1 is 0.732 bits per heavy atom. The number of methoxy groups -OCH3 is 1. The zero-order valence-electron chi connectivity index (χ0n) is 25.8. The fraction of sp³-hybridized carbons (Fsp3) is 0.778. The molecule has 0 aliphatic heterocycles. The number of carbonyl (C=O) groups excluding carboxylic acids is 6. The molecule has 12 nitrogen and oxygen atoms in total. The molecular formula is C27H46F2N4O8. The number of halogens is 2. The molecule has 0 aliphatic carbocycles. The van der Waals surface area contributed by atoms with Gasteiger partial charge in [-0.1, -0.05) is 48.0 Å². The molecule has 0 spiro atoms. The monoisotopic (exact) mass is 592 g/mol. The van der Waals surface area contributed by atoms with Crippen LogP contribution in [0.25, 0.3) is 0 Å². The first-order valence-corrected chi connectivity index (χ1v) is 13.5. The SMILES string of the molecule is CCC(C)[C@H](NC(=O)[C@@H](NC(=O)C(F)(F)C(=O)[C@H](C)NC(=O)[C@@H](NC(=O)OC(C)(C)C)C(C)C)C(C)C)C(=O)OC. The smallest absolute Gasteiger partial charge is 0.408 e. The molecule has 0 radical (unpaired) electrons. The second kappa shape index (κ2) is 15.6. The maximum Gasteiger partial charge on any atom is 0.408 e. The van der Waals surface area contributed by atoms with Crippen molar-refractivity contribution in [2.24, 2.45) is 17.8 Å². The van der Waals surface area contributed by atoms with Crippen molar-refractivity contribution in [1.82, 2.24) is 21.3 Å². The highest BCUT2D eigenvalue weighted by molar-refractivity contribution is 6.11. The van der Waals surface area contributed by atoms with Crippen LogP contribution in [0.3, 0.4) is 0 Å². The third-order valence-electron chi connectivity index (χ3n) is 6.17. The lowest BCUT2D eigenvalue weighted by atomic mass is 9.97. The number of ketones is 1. The largest absolute Gasteiger partial charge is 0.467 e. The molecule has 0 aliphatic rings. The van der Waals surface area contributed by atoms with Crippen LogP contribution in [0, 0.1) is 17.8 Å². The van der Waals surface area contributed by atoms with Gasteiger partial charge < -0.3 is 30.7 Å². The van der Waals surface area contributed by atoms with E-state index >= 15 is 0 Å². The quantitative estimate of drug-likeness (QED) is 0.176. The molecule has 0 heterocycles. The van der Waals surface area contributed by atoms with Crippen LogP contribution in [-0.2, 0) is 33.4 Å². The molecule has 0 aromatic carbocycles. The highest BCUT2D eigenvalue weighted by Gasteiger charge is 2.51. The van der Waals surface area contributed by atoms with Crippen LogP contribution in [0.4, 0.5) is 13.6 Å². The van der Waals surface area contributed by atoms with Crippen LogP contribution in [0.1, 0.15) is 75.7 Å². The van der Waals surface area contributed by atoms with E-state index in [1.807, 2.05) is 5.32 Å². The van der Waals surface area contributed by atoms with Crippen molar-refractivity contribution in [3.8, 4) is 0 Å².